The average Bonchev–Trinajstić information content (AvgIpc) is 2.49. The molecular weight excluding hydrogens is 320 g/mol. The van der Waals surface area contributed by atoms with E-state index < -0.39 is 11.2 Å². The predicted molar refractivity (Wildman–Crippen MR) is 86.4 cm³/mol. The third kappa shape index (κ3) is 12.2. The second kappa shape index (κ2) is 11.3. The normalized spacial score (nSPS) is 12.1. The molecule has 0 heterocycles. The summed E-state index contributed by atoms with van der Waals surface area (Å²) in [5.74, 6) is 9.00. The lowest BCUT2D eigenvalue weighted by Crippen LogP contribution is -2.45. The molecule has 0 aromatic heterocycles. The van der Waals surface area contributed by atoms with Crippen LogP contribution < -0.4 is 22.4 Å². The van der Waals surface area contributed by atoms with Gasteiger partial charge in [-0.2, -0.15) is 0 Å². The first-order chi connectivity index (χ1) is 11.1. The Bertz CT molecular complexity index is 389. The van der Waals surface area contributed by atoms with Gasteiger partial charge in [0.15, 0.2) is 0 Å². The van der Waals surface area contributed by atoms with Gasteiger partial charge in [0.25, 0.3) is 0 Å². The van der Waals surface area contributed by atoms with Crippen LogP contribution in [-0.2, 0) is 28.7 Å². The van der Waals surface area contributed by atoms with Crippen molar-refractivity contribution in [1.82, 2.24) is 10.6 Å². The molecule has 0 bridgehead atoms. The van der Waals surface area contributed by atoms with Crippen molar-refractivity contribution in [2.45, 2.75) is 38.9 Å². The van der Waals surface area contributed by atoms with E-state index in [1.54, 1.807) is 0 Å². The van der Waals surface area contributed by atoms with E-state index in [0.29, 0.717) is 26.3 Å². The molecule has 0 unspecified atom stereocenters. The maximum Gasteiger partial charge on any atom is 0.248 e. The molecule has 0 saturated heterocycles. The van der Waals surface area contributed by atoms with Crippen LogP contribution in [0.4, 0.5) is 0 Å². The highest BCUT2D eigenvalue weighted by Gasteiger charge is 2.26. The smallest absolute Gasteiger partial charge is 0.248 e. The molecule has 6 N–H and O–H groups in total. The number of nitrogens with two attached hydrogens (primary N) is 2. The first-order valence-corrected chi connectivity index (χ1v) is 7.56. The number of nitrogens with one attached hydrogen (secondary N) is 2. The fraction of sp³-hybridized carbons (Fsp3) is 0.857. The van der Waals surface area contributed by atoms with Gasteiger partial charge in [-0.3, -0.25) is 19.3 Å². The first-order valence-electron chi connectivity index (χ1n) is 7.56. The van der Waals surface area contributed by atoms with Crippen LogP contribution in [-0.4, -0.2) is 62.5 Å². The lowest BCUT2D eigenvalue weighted by Gasteiger charge is -2.32. The van der Waals surface area contributed by atoms with Gasteiger partial charge in [0, 0.05) is 13.1 Å². The minimum absolute atomic E-state index is 0.193. The van der Waals surface area contributed by atoms with Gasteiger partial charge in [-0.1, -0.05) is 0 Å². The number of hydrogen-bond acceptors (Lipinski definition) is 8. The zero-order valence-electron chi connectivity index (χ0n) is 14.8. The Morgan fingerprint density at radius 3 is 1.96 bits per heavy atom. The van der Waals surface area contributed by atoms with Gasteiger partial charge in [-0.25, -0.2) is 11.8 Å². The molecule has 142 valence electrons. The van der Waals surface area contributed by atoms with E-state index in [4.69, 9.17) is 21.3 Å². The van der Waals surface area contributed by atoms with Crippen LogP contribution in [0.3, 0.4) is 0 Å². The van der Waals surface area contributed by atoms with Crippen LogP contribution in [0.25, 0.3) is 0 Å². The Hall–Kier alpha value is -1.30. The monoisotopic (exact) mass is 350 g/mol. The van der Waals surface area contributed by atoms with Crippen LogP contribution in [0.2, 0.25) is 0 Å². The lowest BCUT2D eigenvalue weighted by molar-refractivity contribution is -0.133. The summed E-state index contributed by atoms with van der Waals surface area (Å²) in [6, 6.07) is 0. The molecule has 0 spiro atoms. The molecule has 0 rings (SSSR count). The summed E-state index contributed by atoms with van der Waals surface area (Å²) in [7, 11) is 0. The van der Waals surface area contributed by atoms with Gasteiger partial charge in [-0.15, -0.1) is 0 Å². The molecule has 10 heteroatoms. The second-order valence-electron chi connectivity index (χ2n) is 6.41. The van der Waals surface area contributed by atoms with Crippen LogP contribution in [0.1, 0.15) is 27.7 Å². The van der Waals surface area contributed by atoms with Crippen molar-refractivity contribution in [2.24, 2.45) is 11.8 Å². The van der Waals surface area contributed by atoms with Crippen LogP contribution in [0.5, 0.6) is 0 Å². The van der Waals surface area contributed by atoms with Gasteiger partial charge in [0.1, 0.15) is 13.2 Å². The number of ether oxygens (including phenoxy) is 2. The molecular formula is C14H30N4O6. The van der Waals surface area contributed by atoms with Crippen molar-refractivity contribution in [1.29, 1.82) is 0 Å². The van der Waals surface area contributed by atoms with Crippen LogP contribution in [0, 0.1) is 0 Å². The minimum Gasteiger partial charge on any atom is -0.371 e. The van der Waals surface area contributed by atoms with Crippen molar-refractivity contribution in [3.05, 3.63) is 0 Å². The molecule has 0 aromatic rings. The van der Waals surface area contributed by atoms with Gasteiger partial charge in [0.2, 0.25) is 11.8 Å². The van der Waals surface area contributed by atoms with E-state index in [0.717, 1.165) is 0 Å². The molecule has 0 aromatic carbocycles. The van der Waals surface area contributed by atoms with Crippen LogP contribution >= 0.6 is 0 Å². The summed E-state index contributed by atoms with van der Waals surface area (Å²) in [4.78, 5) is 30.9. The average molecular weight is 350 g/mol. The van der Waals surface area contributed by atoms with Gasteiger partial charge >= 0.3 is 0 Å². The topological polar surface area (TPSA) is 147 Å². The zero-order chi connectivity index (χ0) is 18.6. The van der Waals surface area contributed by atoms with E-state index in [1.165, 1.54) is 0 Å². The highest BCUT2D eigenvalue weighted by Crippen LogP contribution is 2.15. The molecule has 0 radical (unpaired) electrons. The van der Waals surface area contributed by atoms with E-state index in [1.807, 2.05) is 27.7 Å². The largest absolute Gasteiger partial charge is 0.371 e. The van der Waals surface area contributed by atoms with Crippen molar-refractivity contribution < 1.29 is 28.7 Å². The Morgan fingerprint density at radius 1 is 0.875 bits per heavy atom. The van der Waals surface area contributed by atoms with E-state index in [2.05, 4.69) is 20.3 Å². The molecule has 0 saturated carbocycles. The highest BCUT2D eigenvalue weighted by atomic mass is 16.6. The summed E-state index contributed by atoms with van der Waals surface area (Å²) in [6.45, 7) is 8.31. The number of hydrogen-bond donors (Lipinski definition) is 4. The standard InChI is InChI=1S/C14H30N4O6/c1-13(2,9-18-12(20)8-24-16)22-10-14(3,4)21-6-5-17-11(19)7-23-15/h5-10,15-16H2,1-4H3,(H,17,19)(H,18,20). The SMILES string of the molecule is CC(C)(CNC(=O)CON)OCC(C)(C)OCCNC(=O)CON. The molecule has 0 aliphatic rings. The molecule has 0 fully saturated rings. The number of carbonyl (C=O) groups excluding carboxylic acids is 2. The van der Waals surface area contributed by atoms with E-state index in [9.17, 15) is 9.59 Å². The van der Waals surface area contributed by atoms with Crippen LogP contribution in [0.15, 0.2) is 0 Å². The first kappa shape index (κ1) is 22.7. The molecule has 0 atom stereocenters. The van der Waals surface area contributed by atoms with Gasteiger partial charge in [0.05, 0.1) is 24.4 Å². The minimum atomic E-state index is -0.586. The zero-order valence-corrected chi connectivity index (χ0v) is 14.8. The van der Waals surface area contributed by atoms with Gasteiger partial charge < -0.3 is 20.1 Å². The van der Waals surface area contributed by atoms with Gasteiger partial charge in [-0.05, 0) is 27.7 Å². The molecule has 0 aliphatic carbocycles. The number of amides is 2. The molecule has 24 heavy (non-hydrogen) atoms. The van der Waals surface area contributed by atoms with E-state index >= 15 is 0 Å². The van der Waals surface area contributed by atoms with Crippen molar-refractivity contribution >= 4 is 11.8 Å². The number of rotatable bonds is 13. The molecule has 2 amide bonds. The fourth-order valence-electron chi connectivity index (χ4n) is 1.54. The highest BCUT2D eigenvalue weighted by molar-refractivity contribution is 5.77. The third-order valence-corrected chi connectivity index (χ3v) is 2.87. The maximum absolute atomic E-state index is 11.3. The number of carbonyl (C=O) groups is 2. The summed E-state index contributed by atoms with van der Waals surface area (Å²) in [5.41, 5.74) is -1.14. The summed E-state index contributed by atoms with van der Waals surface area (Å²) < 4.78 is 11.5. The molecule has 0 aliphatic heterocycles. The van der Waals surface area contributed by atoms with E-state index in [-0.39, 0.29) is 25.0 Å². The summed E-state index contributed by atoms with van der Waals surface area (Å²) in [6.07, 6.45) is 0. The lowest BCUT2D eigenvalue weighted by atomic mass is 10.1. The summed E-state index contributed by atoms with van der Waals surface area (Å²) >= 11 is 0. The quantitative estimate of drug-likeness (QED) is 0.234. The maximum atomic E-state index is 11.3. The third-order valence-electron chi connectivity index (χ3n) is 2.87. The van der Waals surface area contributed by atoms with Crippen molar-refractivity contribution in [3.8, 4) is 0 Å². The van der Waals surface area contributed by atoms with Crippen molar-refractivity contribution in [2.75, 3.05) is 39.5 Å². The Morgan fingerprint density at radius 2 is 1.42 bits per heavy atom. The Labute approximate surface area is 142 Å². The van der Waals surface area contributed by atoms with Crippen molar-refractivity contribution in [3.63, 3.8) is 0 Å². The summed E-state index contributed by atoms with van der Waals surface area (Å²) in [5, 5.41) is 5.25. The fourth-order valence-corrected chi connectivity index (χ4v) is 1.54. The Kier molecular flexibility index (Phi) is 10.7. The predicted octanol–water partition coefficient (Wildman–Crippen LogP) is -1.41. The molecule has 10 nitrogen and oxygen atoms in total. The Balaban J connectivity index is 4.03. The second-order valence-corrected chi connectivity index (χ2v) is 6.41.